The van der Waals surface area contributed by atoms with Crippen LogP contribution in [0.2, 0.25) is 0 Å². The fraction of sp³-hybridized carbons (Fsp3) is 0.636. The Morgan fingerprint density at radius 2 is 2.20 bits per heavy atom. The Morgan fingerprint density at radius 1 is 1.55 bits per heavy atom. The molecule has 2 heterocycles. The molecule has 0 aliphatic carbocycles. The molecule has 2 rings (SSSR count). The van der Waals surface area contributed by atoms with Gasteiger partial charge in [-0.25, -0.2) is 15.8 Å². The molecule has 110 valence electrons. The Kier molecular flexibility index (Phi) is 4.30. The van der Waals surface area contributed by atoms with Crippen LogP contribution in [0.1, 0.15) is 19.8 Å². The highest BCUT2D eigenvalue weighted by Crippen LogP contribution is 2.33. The summed E-state index contributed by atoms with van der Waals surface area (Å²) in [5.74, 6) is 5.74. The normalized spacial score (nSPS) is 17.9. The summed E-state index contributed by atoms with van der Waals surface area (Å²) in [6, 6.07) is 0. The fourth-order valence-corrected chi connectivity index (χ4v) is 2.47. The van der Waals surface area contributed by atoms with Gasteiger partial charge in [-0.05, 0) is 25.7 Å². The molecular formula is C11H18N6O3. The molecule has 0 saturated carbocycles. The number of hydrogen-bond donors (Lipinski definition) is 3. The van der Waals surface area contributed by atoms with Crippen molar-refractivity contribution in [1.82, 2.24) is 9.97 Å². The minimum Gasteiger partial charge on any atom is -0.393 e. The topological polar surface area (TPSA) is 130 Å². The van der Waals surface area contributed by atoms with Gasteiger partial charge < -0.3 is 15.4 Å². The van der Waals surface area contributed by atoms with E-state index in [0.29, 0.717) is 13.1 Å². The maximum Gasteiger partial charge on any atom is 0.354 e. The van der Waals surface area contributed by atoms with Crippen molar-refractivity contribution >= 4 is 17.3 Å². The molecule has 0 spiro atoms. The Labute approximate surface area is 115 Å². The summed E-state index contributed by atoms with van der Waals surface area (Å²) in [5.41, 5.74) is 2.01. The molecule has 9 nitrogen and oxygen atoms in total. The third-order valence-electron chi connectivity index (χ3n) is 3.64. The molecule has 9 heteroatoms. The molecule has 0 radical (unpaired) electrons. The Bertz CT molecular complexity index is 487. The molecule has 1 atom stereocenters. The van der Waals surface area contributed by atoms with Crippen LogP contribution >= 0.6 is 0 Å². The number of aliphatic hydroxyl groups is 1. The molecule has 1 aromatic rings. The highest BCUT2D eigenvalue weighted by molar-refractivity contribution is 5.69. The highest BCUT2D eigenvalue weighted by Gasteiger charge is 2.30. The maximum absolute atomic E-state index is 11.2. The van der Waals surface area contributed by atoms with Crippen LogP contribution in [0.25, 0.3) is 0 Å². The zero-order valence-corrected chi connectivity index (χ0v) is 11.2. The van der Waals surface area contributed by atoms with E-state index in [4.69, 9.17) is 5.84 Å². The summed E-state index contributed by atoms with van der Waals surface area (Å²) in [6.07, 6.45) is 2.42. The molecule has 1 aromatic heterocycles. The first-order chi connectivity index (χ1) is 9.54. The highest BCUT2D eigenvalue weighted by atomic mass is 16.6. The van der Waals surface area contributed by atoms with E-state index in [2.05, 4.69) is 15.4 Å². The van der Waals surface area contributed by atoms with Crippen molar-refractivity contribution in [2.75, 3.05) is 23.4 Å². The number of aromatic nitrogens is 2. The van der Waals surface area contributed by atoms with Crippen LogP contribution in [0.5, 0.6) is 0 Å². The third-order valence-corrected chi connectivity index (χ3v) is 3.64. The number of nitrogens with zero attached hydrogens (tertiary/aromatic N) is 4. The summed E-state index contributed by atoms with van der Waals surface area (Å²) in [5, 5.41) is 20.8. The van der Waals surface area contributed by atoms with Gasteiger partial charge in [0.1, 0.15) is 6.33 Å². The summed E-state index contributed by atoms with van der Waals surface area (Å²) >= 11 is 0. The SMILES string of the molecule is CC(O)C1CCN(c2ncnc(NN)c2[N+](=O)[O-])CC1. The van der Waals surface area contributed by atoms with Crippen molar-refractivity contribution in [2.45, 2.75) is 25.9 Å². The van der Waals surface area contributed by atoms with Crippen molar-refractivity contribution in [1.29, 1.82) is 0 Å². The van der Waals surface area contributed by atoms with Gasteiger partial charge in [0.15, 0.2) is 0 Å². The maximum atomic E-state index is 11.2. The van der Waals surface area contributed by atoms with E-state index >= 15 is 0 Å². The second-order valence-electron chi connectivity index (χ2n) is 4.86. The number of nitro groups is 1. The molecule has 1 fully saturated rings. The molecule has 1 saturated heterocycles. The van der Waals surface area contributed by atoms with Crippen LogP contribution in [-0.4, -0.2) is 39.2 Å². The summed E-state index contributed by atoms with van der Waals surface area (Å²) in [4.78, 5) is 20.3. The van der Waals surface area contributed by atoms with Gasteiger partial charge in [0, 0.05) is 13.1 Å². The predicted molar refractivity (Wildman–Crippen MR) is 73.1 cm³/mol. The van der Waals surface area contributed by atoms with Gasteiger partial charge in [0.2, 0.25) is 11.6 Å². The standard InChI is InChI=1S/C11H18N6O3/c1-7(18)8-2-4-16(5-3-8)11-9(17(19)20)10(15-12)13-6-14-11/h6-8,18H,2-5,12H2,1H3,(H,13,14,15). The lowest BCUT2D eigenvalue weighted by molar-refractivity contribution is -0.383. The van der Waals surface area contributed by atoms with Gasteiger partial charge in [-0.2, -0.15) is 0 Å². The molecule has 1 aliphatic rings. The van der Waals surface area contributed by atoms with E-state index < -0.39 is 4.92 Å². The number of piperidine rings is 1. The Hall–Kier alpha value is -2.00. The van der Waals surface area contributed by atoms with Gasteiger partial charge in [-0.1, -0.05) is 0 Å². The minimum absolute atomic E-state index is 0.00218. The number of nitrogen functional groups attached to an aromatic ring is 1. The number of aliphatic hydroxyl groups excluding tert-OH is 1. The third kappa shape index (κ3) is 2.78. The van der Waals surface area contributed by atoms with Crippen LogP contribution < -0.4 is 16.2 Å². The van der Waals surface area contributed by atoms with E-state index in [1.54, 1.807) is 6.92 Å². The number of anilines is 2. The van der Waals surface area contributed by atoms with Gasteiger partial charge in [-0.15, -0.1) is 0 Å². The lowest BCUT2D eigenvalue weighted by Gasteiger charge is -2.33. The average Bonchev–Trinajstić information content (AvgIpc) is 2.46. The van der Waals surface area contributed by atoms with Gasteiger partial charge in [0.25, 0.3) is 0 Å². The fourth-order valence-electron chi connectivity index (χ4n) is 2.47. The Balaban J connectivity index is 2.24. The number of nitrogens with one attached hydrogen (secondary N) is 1. The zero-order chi connectivity index (χ0) is 14.7. The molecule has 0 aromatic carbocycles. The molecule has 0 bridgehead atoms. The van der Waals surface area contributed by atoms with Crippen molar-refractivity contribution in [2.24, 2.45) is 11.8 Å². The van der Waals surface area contributed by atoms with E-state index in [0.717, 1.165) is 12.8 Å². The quantitative estimate of drug-likeness (QED) is 0.407. The van der Waals surface area contributed by atoms with Crippen LogP contribution in [0.15, 0.2) is 6.33 Å². The smallest absolute Gasteiger partial charge is 0.354 e. The van der Waals surface area contributed by atoms with Crippen molar-refractivity contribution < 1.29 is 10.0 Å². The van der Waals surface area contributed by atoms with Crippen molar-refractivity contribution in [3.05, 3.63) is 16.4 Å². The lowest BCUT2D eigenvalue weighted by atomic mass is 9.92. The molecule has 1 aliphatic heterocycles. The molecule has 0 amide bonds. The van der Waals surface area contributed by atoms with E-state index in [1.165, 1.54) is 6.33 Å². The number of hydrazine groups is 1. The van der Waals surface area contributed by atoms with Crippen molar-refractivity contribution in [3.8, 4) is 0 Å². The van der Waals surface area contributed by atoms with Crippen LogP contribution in [0, 0.1) is 16.0 Å². The van der Waals surface area contributed by atoms with Gasteiger partial charge in [0.05, 0.1) is 11.0 Å². The number of nitrogens with two attached hydrogens (primary N) is 1. The predicted octanol–water partition coefficient (Wildman–Crippen LogP) is 0.268. The molecule has 4 N–H and O–H groups in total. The summed E-state index contributed by atoms with van der Waals surface area (Å²) in [7, 11) is 0. The molecular weight excluding hydrogens is 264 g/mol. The van der Waals surface area contributed by atoms with Gasteiger partial charge >= 0.3 is 5.69 Å². The monoisotopic (exact) mass is 282 g/mol. The number of hydrogen-bond acceptors (Lipinski definition) is 8. The van der Waals surface area contributed by atoms with Crippen LogP contribution in [0.3, 0.4) is 0 Å². The molecule has 20 heavy (non-hydrogen) atoms. The Morgan fingerprint density at radius 3 is 2.70 bits per heavy atom. The van der Waals surface area contributed by atoms with E-state index in [-0.39, 0.29) is 29.3 Å². The first-order valence-corrected chi connectivity index (χ1v) is 6.43. The van der Waals surface area contributed by atoms with E-state index in [1.807, 2.05) is 4.90 Å². The first-order valence-electron chi connectivity index (χ1n) is 6.43. The van der Waals surface area contributed by atoms with Crippen LogP contribution in [-0.2, 0) is 0 Å². The number of rotatable bonds is 4. The average molecular weight is 282 g/mol. The van der Waals surface area contributed by atoms with E-state index in [9.17, 15) is 15.2 Å². The first kappa shape index (κ1) is 14.4. The summed E-state index contributed by atoms with van der Waals surface area (Å²) < 4.78 is 0. The largest absolute Gasteiger partial charge is 0.393 e. The van der Waals surface area contributed by atoms with Crippen LogP contribution in [0.4, 0.5) is 17.3 Å². The lowest BCUT2D eigenvalue weighted by Crippen LogP contribution is -2.38. The summed E-state index contributed by atoms with van der Waals surface area (Å²) in [6.45, 7) is 2.98. The van der Waals surface area contributed by atoms with Crippen molar-refractivity contribution in [3.63, 3.8) is 0 Å². The minimum atomic E-state index is -0.536. The second-order valence-corrected chi connectivity index (χ2v) is 4.86. The van der Waals surface area contributed by atoms with Gasteiger partial charge in [-0.3, -0.25) is 10.1 Å². The molecule has 1 unspecified atom stereocenters. The second kappa shape index (κ2) is 5.97. The zero-order valence-electron chi connectivity index (χ0n) is 11.2.